The van der Waals surface area contributed by atoms with Crippen LogP contribution in [0.4, 0.5) is 0 Å². The van der Waals surface area contributed by atoms with E-state index in [1.807, 2.05) is 0 Å². The summed E-state index contributed by atoms with van der Waals surface area (Å²) in [6, 6.07) is 6.87. The summed E-state index contributed by atoms with van der Waals surface area (Å²) in [5, 5.41) is 0. The lowest BCUT2D eigenvalue weighted by atomic mass is 10.0. The van der Waals surface area contributed by atoms with Gasteiger partial charge in [0.15, 0.2) is 5.75 Å². The number of hydrogen-bond acceptors (Lipinski definition) is 4. The molecule has 0 saturated heterocycles. The Hall–Kier alpha value is -1.55. The first kappa shape index (κ1) is 25.5. The highest BCUT2D eigenvalue weighted by atomic mass is 16.6. The molecule has 0 aliphatic heterocycles. The highest BCUT2D eigenvalue weighted by Gasteiger charge is 2.12. The van der Waals surface area contributed by atoms with Crippen molar-refractivity contribution < 1.29 is 14.4 Å². The van der Waals surface area contributed by atoms with Crippen LogP contribution in [0, 0.1) is 0 Å². The summed E-state index contributed by atoms with van der Waals surface area (Å²) in [5.41, 5.74) is 0.381. The molecule has 166 valence electrons. The Kier molecular flexibility index (Phi) is 16.2. The second kappa shape index (κ2) is 18.5. The molecule has 0 aliphatic rings. The first-order valence-electron chi connectivity index (χ1n) is 11.9. The zero-order chi connectivity index (χ0) is 21.0. The fourth-order valence-electron chi connectivity index (χ4n) is 3.63. The number of ether oxygens (including phenoxy) is 1. The van der Waals surface area contributed by atoms with Crippen molar-refractivity contribution in [3.05, 3.63) is 29.8 Å². The summed E-state index contributed by atoms with van der Waals surface area (Å²) in [4.78, 5) is 16.7. The number of hydrogen-bond donors (Lipinski definition) is 1. The van der Waals surface area contributed by atoms with Crippen LogP contribution in [0.3, 0.4) is 0 Å². The van der Waals surface area contributed by atoms with E-state index < -0.39 is 0 Å². The lowest BCUT2D eigenvalue weighted by Crippen LogP contribution is -2.11. The first-order chi connectivity index (χ1) is 14.3. The van der Waals surface area contributed by atoms with Gasteiger partial charge in [-0.15, -0.1) is 0 Å². The van der Waals surface area contributed by atoms with Gasteiger partial charge in [-0.1, -0.05) is 115 Å². The number of para-hydroxylation sites is 1. The maximum Gasteiger partial charge on any atom is 0.342 e. The Morgan fingerprint density at radius 2 is 1.17 bits per heavy atom. The molecular weight excluding hydrogens is 362 g/mol. The second-order valence-corrected chi connectivity index (χ2v) is 8.05. The van der Waals surface area contributed by atoms with E-state index in [0.717, 1.165) is 12.8 Å². The normalized spacial score (nSPS) is 10.8. The molecule has 4 nitrogen and oxygen atoms in total. The highest BCUT2D eigenvalue weighted by Crippen LogP contribution is 2.18. The predicted octanol–water partition coefficient (Wildman–Crippen LogP) is 7.36. The number of carbonyl (C=O) groups is 1. The Bertz CT molecular complexity index is 519. The number of nitrogens with two attached hydrogens (primary N) is 1. The van der Waals surface area contributed by atoms with Crippen LogP contribution in [0.1, 0.15) is 120 Å². The third-order valence-corrected chi connectivity index (χ3v) is 5.46. The van der Waals surface area contributed by atoms with Crippen LogP contribution in [-0.2, 0) is 4.74 Å². The van der Waals surface area contributed by atoms with Gasteiger partial charge in [0.25, 0.3) is 0 Å². The molecule has 0 radical (unpaired) electrons. The maximum absolute atomic E-state index is 12.0. The van der Waals surface area contributed by atoms with Crippen LogP contribution < -0.4 is 10.7 Å². The van der Waals surface area contributed by atoms with E-state index in [-0.39, 0.29) is 5.97 Å². The number of unbranched alkanes of at least 4 members (excludes halogenated alkanes) is 15. The molecule has 2 N–H and O–H groups in total. The van der Waals surface area contributed by atoms with Crippen molar-refractivity contribution in [1.82, 2.24) is 0 Å². The van der Waals surface area contributed by atoms with Crippen LogP contribution in [-0.4, -0.2) is 12.6 Å². The van der Waals surface area contributed by atoms with Gasteiger partial charge in [0.05, 0.1) is 6.61 Å². The van der Waals surface area contributed by atoms with E-state index in [2.05, 4.69) is 6.92 Å². The summed E-state index contributed by atoms with van der Waals surface area (Å²) in [7, 11) is 0. The zero-order valence-corrected chi connectivity index (χ0v) is 18.6. The minimum absolute atomic E-state index is 0.351. The predicted molar refractivity (Wildman–Crippen MR) is 121 cm³/mol. The van der Waals surface area contributed by atoms with Crippen molar-refractivity contribution in [3.8, 4) is 5.75 Å². The Morgan fingerprint density at radius 3 is 1.66 bits per heavy atom. The van der Waals surface area contributed by atoms with E-state index in [1.54, 1.807) is 24.3 Å². The Morgan fingerprint density at radius 1 is 0.724 bits per heavy atom. The molecule has 1 aromatic rings. The molecule has 0 saturated carbocycles. The largest absolute Gasteiger partial charge is 0.462 e. The van der Waals surface area contributed by atoms with E-state index in [9.17, 15) is 4.79 Å². The van der Waals surface area contributed by atoms with Crippen LogP contribution >= 0.6 is 0 Å². The lowest BCUT2D eigenvalue weighted by molar-refractivity contribution is 0.0493. The molecule has 0 bridgehead atoms. The third kappa shape index (κ3) is 13.3. The second-order valence-electron chi connectivity index (χ2n) is 8.05. The van der Waals surface area contributed by atoms with Crippen molar-refractivity contribution in [2.45, 2.75) is 110 Å². The molecule has 1 aromatic carbocycles. The van der Waals surface area contributed by atoms with Gasteiger partial charge in [-0.05, 0) is 18.6 Å². The van der Waals surface area contributed by atoms with Crippen LogP contribution in [0.25, 0.3) is 0 Å². The smallest absolute Gasteiger partial charge is 0.342 e. The van der Waals surface area contributed by atoms with Crippen LogP contribution in [0.15, 0.2) is 24.3 Å². The van der Waals surface area contributed by atoms with Crippen molar-refractivity contribution >= 4 is 5.97 Å². The summed E-state index contributed by atoms with van der Waals surface area (Å²) in [6.07, 6.45) is 21.3. The molecule has 0 spiro atoms. The summed E-state index contributed by atoms with van der Waals surface area (Å²) < 4.78 is 5.32. The molecule has 0 fully saturated rings. The highest BCUT2D eigenvalue weighted by molar-refractivity contribution is 5.92. The summed E-state index contributed by atoms with van der Waals surface area (Å²) >= 11 is 0. The van der Waals surface area contributed by atoms with Gasteiger partial charge in [-0.25, -0.2) is 4.79 Å². The fourth-order valence-corrected chi connectivity index (χ4v) is 3.63. The van der Waals surface area contributed by atoms with E-state index in [4.69, 9.17) is 15.5 Å². The molecule has 0 unspecified atom stereocenters. The average Bonchev–Trinajstić information content (AvgIpc) is 2.75. The summed E-state index contributed by atoms with van der Waals surface area (Å²) in [5.74, 6) is 5.16. The van der Waals surface area contributed by atoms with Crippen LogP contribution in [0.5, 0.6) is 5.75 Å². The quantitative estimate of drug-likeness (QED) is 0.148. The zero-order valence-electron chi connectivity index (χ0n) is 18.6. The molecule has 0 aromatic heterocycles. The van der Waals surface area contributed by atoms with Crippen molar-refractivity contribution in [1.29, 1.82) is 0 Å². The lowest BCUT2D eigenvalue weighted by Gasteiger charge is -2.08. The number of benzene rings is 1. The number of esters is 1. The van der Waals surface area contributed by atoms with Gasteiger partial charge in [0, 0.05) is 0 Å². The number of carbonyl (C=O) groups excluding carboxylic acids is 1. The van der Waals surface area contributed by atoms with Gasteiger partial charge in [-0.2, -0.15) is 5.90 Å². The molecule has 0 amide bonds. The van der Waals surface area contributed by atoms with Gasteiger partial charge in [-0.3, -0.25) is 0 Å². The fraction of sp³-hybridized carbons (Fsp3) is 0.720. The average molecular weight is 406 g/mol. The molecule has 0 aliphatic carbocycles. The topological polar surface area (TPSA) is 61.5 Å². The monoisotopic (exact) mass is 405 g/mol. The summed E-state index contributed by atoms with van der Waals surface area (Å²) in [6.45, 7) is 2.73. The molecule has 4 heteroatoms. The molecule has 1 rings (SSSR count). The van der Waals surface area contributed by atoms with Gasteiger partial charge in [0.2, 0.25) is 0 Å². The Balaban J connectivity index is 1.84. The minimum Gasteiger partial charge on any atom is -0.462 e. The van der Waals surface area contributed by atoms with Gasteiger partial charge < -0.3 is 9.57 Å². The third-order valence-electron chi connectivity index (χ3n) is 5.46. The van der Waals surface area contributed by atoms with Crippen LogP contribution in [0.2, 0.25) is 0 Å². The SMILES string of the molecule is CCCCCCCCCCCCCCCCCCOC(=O)c1ccccc1ON. The van der Waals surface area contributed by atoms with Crippen molar-refractivity contribution in [3.63, 3.8) is 0 Å². The molecule has 0 heterocycles. The molecular formula is C25H43NO3. The molecule has 29 heavy (non-hydrogen) atoms. The standard InChI is InChI=1S/C25H43NO3/c1-2-3-4-5-6-7-8-9-10-11-12-13-14-15-16-19-22-28-25(27)23-20-17-18-21-24(23)29-26/h17-18,20-21H,2-16,19,22,26H2,1H3. The van der Waals surface area contributed by atoms with Crippen molar-refractivity contribution in [2.24, 2.45) is 5.90 Å². The maximum atomic E-state index is 12.0. The van der Waals surface area contributed by atoms with Gasteiger partial charge >= 0.3 is 5.97 Å². The number of rotatable bonds is 19. The van der Waals surface area contributed by atoms with E-state index in [1.165, 1.54) is 89.9 Å². The minimum atomic E-state index is -0.369. The molecule has 0 atom stereocenters. The van der Waals surface area contributed by atoms with Crippen molar-refractivity contribution in [2.75, 3.05) is 6.61 Å². The Labute approximate surface area is 178 Å². The first-order valence-corrected chi connectivity index (χ1v) is 11.9. The van der Waals surface area contributed by atoms with Gasteiger partial charge in [0.1, 0.15) is 5.56 Å². The van der Waals surface area contributed by atoms with E-state index in [0.29, 0.717) is 17.9 Å². The van der Waals surface area contributed by atoms with E-state index >= 15 is 0 Å².